The van der Waals surface area contributed by atoms with Crippen LogP contribution in [0.5, 0.6) is 5.75 Å². The highest BCUT2D eigenvalue weighted by atomic mass is 16.5. The minimum Gasteiger partial charge on any atom is -0.508 e. The summed E-state index contributed by atoms with van der Waals surface area (Å²) in [4.78, 5) is 11.6. The summed E-state index contributed by atoms with van der Waals surface area (Å²) in [5.41, 5.74) is 0.404. The van der Waals surface area contributed by atoms with Crippen molar-refractivity contribution >= 4 is 5.97 Å². The lowest BCUT2D eigenvalue weighted by molar-refractivity contribution is 0.0616. The highest BCUT2D eigenvalue weighted by molar-refractivity contribution is 5.90. The van der Waals surface area contributed by atoms with Crippen LogP contribution in [-0.4, -0.2) is 11.1 Å². The minimum absolute atomic E-state index is 0.119. The van der Waals surface area contributed by atoms with Crippen LogP contribution in [-0.2, 0) is 4.74 Å². The van der Waals surface area contributed by atoms with Crippen molar-refractivity contribution in [2.75, 3.05) is 0 Å². The largest absolute Gasteiger partial charge is 0.508 e. The Morgan fingerprint density at radius 3 is 2.56 bits per heavy atom. The molecule has 1 aromatic rings. The number of carbonyl (C=O) groups excluding carboxylic acids is 1. The Labute approximate surface area is 94.7 Å². The molecular formula is C13H14O3. The molecule has 1 N–H and O–H groups in total. The van der Waals surface area contributed by atoms with E-state index >= 15 is 0 Å². The molecule has 84 valence electrons. The number of aromatic hydroxyl groups is 1. The molecular weight excluding hydrogens is 204 g/mol. The molecule has 0 aliphatic rings. The molecule has 1 aromatic carbocycles. The summed E-state index contributed by atoms with van der Waals surface area (Å²) < 4.78 is 5.14. The smallest absolute Gasteiger partial charge is 0.343 e. The summed E-state index contributed by atoms with van der Waals surface area (Å²) in [6.07, 6.45) is 3.84. The zero-order valence-corrected chi connectivity index (χ0v) is 9.14. The molecule has 0 aliphatic heterocycles. The summed E-state index contributed by atoms with van der Waals surface area (Å²) >= 11 is 0. The van der Waals surface area contributed by atoms with Crippen LogP contribution in [0, 0.1) is 0 Å². The molecule has 0 spiro atoms. The van der Waals surface area contributed by atoms with Gasteiger partial charge in [0.25, 0.3) is 0 Å². The number of allylic oxidation sites excluding steroid dienone is 3. The molecule has 0 saturated carbocycles. The second-order valence-corrected chi connectivity index (χ2v) is 3.16. The van der Waals surface area contributed by atoms with Crippen molar-refractivity contribution in [3.8, 4) is 5.75 Å². The van der Waals surface area contributed by atoms with Gasteiger partial charge in [-0.05, 0) is 30.3 Å². The number of benzene rings is 1. The summed E-state index contributed by atoms with van der Waals surface area (Å²) in [6, 6.07) is 5.91. The van der Waals surface area contributed by atoms with Crippen LogP contribution >= 0.6 is 0 Å². The molecule has 0 bridgehead atoms. The Hall–Kier alpha value is -2.03. The van der Waals surface area contributed by atoms with E-state index in [4.69, 9.17) is 9.84 Å². The van der Waals surface area contributed by atoms with Crippen LogP contribution in [0.2, 0.25) is 0 Å². The third-order valence-electron chi connectivity index (χ3n) is 1.98. The standard InChI is InChI=1S/C13H14O3/c1-3-5-12(4-2)16-13(15)10-6-8-11(14)9-7-10/h3,5-9,14H,1,4H2,2H3/b12-5+. The molecule has 3 nitrogen and oxygen atoms in total. The Morgan fingerprint density at radius 1 is 1.44 bits per heavy atom. The fourth-order valence-electron chi connectivity index (χ4n) is 1.13. The van der Waals surface area contributed by atoms with E-state index in [-0.39, 0.29) is 5.75 Å². The van der Waals surface area contributed by atoms with E-state index in [9.17, 15) is 4.79 Å². The molecule has 0 radical (unpaired) electrons. The van der Waals surface area contributed by atoms with E-state index in [2.05, 4.69) is 6.58 Å². The van der Waals surface area contributed by atoms with Gasteiger partial charge in [-0.2, -0.15) is 0 Å². The number of esters is 1. The van der Waals surface area contributed by atoms with Crippen molar-refractivity contribution in [1.29, 1.82) is 0 Å². The average molecular weight is 218 g/mol. The van der Waals surface area contributed by atoms with Gasteiger partial charge in [0.2, 0.25) is 0 Å². The lowest BCUT2D eigenvalue weighted by atomic mass is 10.2. The fourth-order valence-corrected chi connectivity index (χ4v) is 1.13. The highest BCUT2D eigenvalue weighted by Gasteiger charge is 2.08. The van der Waals surface area contributed by atoms with Crippen LogP contribution in [0.3, 0.4) is 0 Å². The summed E-state index contributed by atoms with van der Waals surface area (Å²) in [5.74, 6) is 0.247. The lowest BCUT2D eigenvalue weighted by Gasteiger charge is -2.05. The molecule has 0 aliphatic carbocycles. The molecule has 0 heterocycles. The van der Waals surface area contributed by atoms with Gasteiger partial charge < -0.3 is 9.84 Å². The van der Waals surface area contributed by atoms with Gasteiger partial charge in [-0.3, -0.25) is 0 Å². The maximum atomic E-state index is 11.6. The van der Waals surface area contributed by atoms with Gasteiger partial charge in [0, 0.05) is 6.42 Å². The van der Waals surface area contributed by atoms with Crippen molar-refractivity contribution < 1.29 is 14.6 Å². The van der Waals surface area contributed by atoms with E-state index < -0.39 is 5.97 Å². The Kier molecular flexibility index (Phi) is 4.33. The lowest BCUT2D eigenvalue weighted by Crippen LogP contribution is -2.04. The monoisotopic (exact) mass is 218 g/mol. The van der Waals surface area contributed by atoms with Crippen LogP contribution in [0.15, 0.2) is 48.8 Å². The van der Waals surface area contributed by atoms with Gasteiger partial charge in [-0.25, -0.2) is 4.79 Å². The number of rotatable bonds is 4. The van der Waals surface area contributed by atoms with Gasteiger partial charge in [0.15, 0.2) is 0 Å². The van der Waals surface area contributed by atoms with Crippen molar-refractivity contribution in [1.82, 2.24) is 0 Å². The third kappa shape index (κ3) is 3.28. The topological polar surface area (TPSA) is 46.5 Å². The van der Waals surface area contributed by atoms with Crippen LogP contribution < -0.4 is 0 Å². The zero-order chi connectivity index (χ0) is 12.0. The fraction of sp³-hybridized carbons (Fsp3) is 0.154. The second kappa shape index (κ2) is 5.75. The van der Waals surface area contributed by atoms with Crippen LogP contribution in [0.4, 0.5) is 0 Å². The van der Waals surface area contributed by atoms with Gasteiger partial charge in [0.05, 0.1) is 5.56 Å². The number of hydrogen-bond acceptors (Lipinski definition) is 3. The number of carbonyl (C=O) groups is 1. The predicted molar refractivity (Wildman–Crippen MR) is 62.1 cm³/mol. The number of phenolic OH excluding ortho intramolecular Hbond substituents is 1. The second-order valence-electron chi connectivity index (χ2n) is 3.16. The van der Waals surface area contributed by atoms with Crippen LogP contribution in [0.1, 0.15) is 23.7 Å². The summed E-state index contributed by atoms with van der Waals surface area (Å²) in [5, 5.41) is 9.07. The Bertz CT molecular complexity index is 402. The molecule has 0 aromatic heterocycles. The number of phenols is 1. The number of ether oxygens (including phenoxy) is 1. The summed E-state index contributed by atoms with van der Waals surface area (Å²) in [7, 11) is 0. The van der Waals surface area contributed by atoms with Gasteiger partial charge >= 0.3 is 5.97 Å². The van der Waals surface area contributed by atoms with Gasteiger partial charge in [-0.1, -0.05) is 19.6 Å². The molecule has 3 heteroatoms. The zero-order valence-electron chi connectivity index (χ0n) is 9.14. The van der Waals surface area contributed by atoms with E-state index in [0.717, 1.165) is 0 Å². The van der Waals surface area contributed by atoms with E-state index in [0.29, 0.717) is 17.7 Å². The first-order chi connectivity index (χ1) is 7.67. The molecule has 0 amide bonds. The minimum atomic E-state index is -0.435. The van der Waals surface area contributed by atoms with Crippen molar-refractivity contribution in [3.63, 3.8) is 0 Å². The average Bonchev–Trinajstić information content (AvgIpc) is 2.29. The SMILES string of the molecule is C=C/C=C(\CC)OC(=O)c1ccc(O)cc1. The number of hydrogen-bond donors (Lipinski definition) is 1. The Balaban J connectivity index is 2.75. The normalized spacial score (nSPS) is 10.9. The van der Waals surface area contributed by atoms with Gasteiger partial charge in [0.1, 0.15) is 11.5 Å². The van der Waals surface area contributed by atoms with E-state index in [1.165, 1.54) is 24.3 Å². The molecule has 0 saturated heterocycles. The maximum Gasteiger partial charge on any atom is 0.343 e. The maximum absolute atomic E-state index is 11.6. The highest BCUT2D eigenvalue weighted by Crippen LogP contribution is 2.13. The van der Waals surface area contributed by atoms with Crippen LogP contribution in [0.25, 0.3) is 0 Å². The third-order valence-corrected chi connectivity index (χ3v) is 1.98. The first-order valence-electron chi connectivity index (χ1n) is 5.00. The first-order valence-corrected chi connectivity index (χ1v) is 5.00. The molecule has 0 fully saturated rings. The Morgan fingerprint density at radius 2 is 2.06 bits per heavy atom. The quantitative estimate of drug-likeness (QED) is 0.480. The van der Waals surface area contributed by atoms with Crippen molar-refractivity contribution in [3.05, 3.63) is 54.3 Å². The first kappa shape index (κ1) is 12.0. The van der Waals surface area contributed by atoms with E-state index in [1.54, 1.807) is 12.2 Å². The van der Waals surface area contributed by atoms with Crippen molar-refractivity contribution in [2.45, 2.75) is 13.3 Å². The van der Waals surface area contributed by atoms with E-state index in [1.807, 2.05) is 6.92 Å². The summed E-state index contributed by atoms with van der Waals surface area (Å²) in [6.45, 7) is 5.43. The van der Waals surface area contributed by atoms with Crippen molar-refractivity contribution in [2.24, 2.45) is 0 Å². The molecule has 16 heavy (non-hydrogen) atoms. The molecule has 1 rings (SSSR count). The van der Waals surface area contributed by atoms with Gasteiger partial charge in [-0.15, -0.1) is 0 Å². The molecule has 0 unspecified atom stereocenters. The predicted octanol–water partition coefficient (Wildman–Crippen LogP) is 3.03. The molecule has 0 atom stereocenters.